The Morgan fingerprint density at radius 2 is 1.80 bits per heavy atom. The van der Waals surface area contributed by atoms with Crippen LogP contribution in [0, 0.1) is 0 Å². The van der Waals surface area contributed by atoms with Gasteiger partial charge < -0.3 is 14.4 Å². The second-order valence-corrected chi connectivity index (χ2v) is 8.04. The largest absolute Gasteiger partial charge is 0.497 e. The number of quaternary nitrogens is 1. The number of para-hydroxylation sites is 1. The number of benzene rings is 2. The molecule has 0 aliphatic rings. The van der Waals surface area contributed by atoms with Crippen LogP contribution in [0.3, 0.4) is 0 Å². The van der Waals surface area contributed by atoms with E-state index in [9.17, 15) is 4.79 Å². The van der Waals surface area contributed by atoms with Gasteiger partial charge in [-0.05, 0) is 36.4 Å². The van der Waals surface area contributed by atoms with Crippen molar-refractivity contribution in [1.82, 2.24) is 4.98 Å². The SMILES string of the molecule is COc1ccc(-c2csc(N(CCC[NH+](C)C)C(=O)COc3ccccc3)n2)cc1. The van der Waals surface area contributed by atoms with Crippen LogP contribution >= 0.6 is 11.3 Å². The third-order valence-electron chi connectivity index (χ3n) is 4.57. The normalized spacial score (nSPS) is 10.8. The Balaban J connectivity index is 1.73. The van der Waals surface area contributed by atoms with Gasteiger partial charge in [0.25, 0.3) is 5.91 Å². The first-order chi connectivity index (χ1) is 14.6. The van der Waals surface area contributed by atoms with Gasteiger partial charge in [0.05, 0.1) is 33.4 Å². The van der Waals surface area contributed by atoms with E-state index in [1.54, 1.807) is 12.0 Å². The van der Waals surface area contributed by atoms with Gasteiger partial charge in [-0.1, -0.05) is 18.2 Å². The summed E-state index contributed by atoms with van der Waals surface area (Å²) in [4.78, 5) is 20.8. The van der Waals surface area contributed by atoms with Crippen molar-refractivity contribution in [3.05, 3.63) is 60.0 Å². The van der Waals surface area contributed by atoms with Gasteiger partial charge in [0.15, 0.2) is 11.7 Å². The fourth-order valence-corrected chi connectivity index (χ4v) is 3.82. The molecule has 1 N–H and O–H groups in total. The summed E-state index contributed by atoms with van der Waals surface area (Å²) < 4.78 is 10.9. The molecular formula is C23H28N3O3S+. The Hall–Kier alpha value is -2.90. The van der Waals surface area contributed by atoms with E-state index in [1.807, 2.05) is 60.0 Å². The van der Waals surface area contributed by atoms with Gasteiger partial charge in [-0.25, -0.2) is 4.98 Å². The van der Waals surface area contributed by atoms with Crippen molar-refractivity contribution in [2.75, 3.05) is 45.8 Å². The van der Waals surface area contributed by atoms with Crippen LogP contribution < -0.4 is 19.3 Å². The van der Waals surface area contributed by atoms with E-state index in [2.05, 4.69) is 14.1 Å². The fourth-order valence-electron chi connectivity index (χ4n) is 2.94. The molecule has 7 heteroatoms. The first-order valence-corrected chi connectivity index (χ1v) is 10.8. The van der Waals surface area contributed by atoms with Crippen molar-refractivity contribution < 1.29 is 19.2 Å². The molecule has 0 spiro atoms. The molecule has 0 radical (unpaired) electrons. The molecule has 1 heterocycles. The average Bonchev–Trinajstić information content (AvgIpc) is 3.25. The number of hydrogen-bond donors (Lipinski definition) is 1. The van der Waals surface area contributed by atoms with Crippen molar-refractivity contribution in [1.29, 1.82) is 0 Å². The molecule has 30 heavy (non-hydrogen) atoms. The zero-order chi connectivity index (χ0) is 21.3. The maximum absolute atomic E-state index is 13.0. The van der Waals surface area contributed by atoms with Gasteiger partial charge in [-0.2, -0.15) is 0 Å². The Morgan fingerprint density at radius 3 is 2.47 bits per heavy atom. The van der Waals surface area contributed by atoms with Crippen molar-refractivity contribution in [2.24, 2.45) is 0 Å². The highest BCUT2D eigenvalue weighted by atomic mass is 32.1. The van der Waals surface area contributed by atoms with E-state index in [1.165, 1.54) is 16.2 Å². The zero-order valence-electron chi connectivity index (χ0n) is 17.6. The number of methoxy groups -OCH3 is 1. The fraction of sp³-hybridized carbons (Fsp3) is 0.304. The molecule has 1 amide bonds. The van der Waals surface area contributed by atoms with Crippen LogP contribution in [0.25, 0.3) is 11.3 Å². The number of carbonyl (C=O) groups is 1. The summed E-state index contributed by atoms with van der Waals surface area (Å²) in [6, 6.07) is 17.1. The number of thiazole rings is 1. The second-order valence-electron chi connectivity index (χ2n) is 7.20. The number of nitrogens with zero attached hydrogens (tertiary/aromatic N) is 2. The maximum atomic E-state index is 13.0. The summed E-state index contributed by atoms with van der Waals surface area (Å²) in [5.41, 5.74) is 1.83. The highest BCUT2D eigenvalue weighted by Gasteiger charge is 2.20. The maximum Gasteiger partial charge on any atom is 0.266 e. The van der Waals surface area contributed by atoms with Crippen LogP contribution in [0.15, 0.2) is 60.0 Å². The number of rotatable bonds is 10. The number of anilines is 1. The van der Waals surface area contributed by atoms with E-state index >= 15 is 0 Å². The highest BCUT2D eigenvalue weighted by molar-refractivity contribution is 7.14. The summed E-state index contributed by atoms with van der Waals surface area (Å²) in [6.45, 7) is 1.56. The Kier molecular flexibility index (Phi) is 7.82. The second kappa shape index (κ2) is 10.8. The van der Waals surface area contributed by atoms with Gasteiger partial charge >= 0.3 is 0 Å². The standard InChI is InChI=1S/C23H27N3O3S/c1-25(2)14-7-15-26(22(27)16-29-20-8-5-4-6-9-20)23-24-21(17-30-23)18-10-12-19(28-3)13-11-18/h4-6,8-13,17H,7,14-16H2,1-3H3/p+1. The molecule has 0 saturated heterocycles. The summed E-state index contributed by atoms with van der Waals surface area (Å²) >= 11 is 1.47. The summed E-state index contributed by atoms with van der Waals surface area (Å²) in [5, 5.41) is 2.67. The summed E-state index contributed by atoms with van der Waals surface area (Å²) in [7, 11) is 5.86. The number of carbonyl (C=O) groups excluding carboxylic acids is 1. The first kappa shape index (κ1) is 21.8. The van der Waals surface area contributed by atoms with E-state index < -0.39 is 0 Å². The lowest BCUT2D eigenvalue weighted by atomic mass is 10.2. The number of ether oxygens (including phenoxy) is 2. The molecule has 2 aromatic carbocycles. The number of amides is 1. The summed E-state index contributed by atoms with van der Waals surface area (Å²) in [5.74, 6) is 1.39. The van der Waals surface area contributed by atoms with Gasteiger partial charge in [-0.3, -0.25) is 9.69 Å². The Bertz CT molecular complexity index is 926. The van der Waals surface area contributed by atoms with E-state index in [0.717, 1.165) is 30.0 Å². The quantitative estimate of drug-likeness (QED) is 0.542. The van der Waals surface area contributed by atoms with E-state index in [-0.39, 0.29) is 12.5 Å². The molecule has 1 aromatic heterocycles. The van der Waals surface area contributed by atoms with Crippen LogP contribution in [-0.2, 0) is 4.79 Å². The van der Waals surface area contributed by atoms with E-state index in [4.69, 9.17) is 14.5 Å². The van der Waals surface area contributed by atoms with Gasteiger partial charge in [0.2, 0.25) is 0 Å². The van der Waals surface area contributed by atoms with Gasteiger partial charge in [0.1, 0.15) is 11.5 Å². The minimum absolute atomic E-state index is 0.0176. The molecule has 0 bridgehead atoms. The topological polar surface area (TPSA) is 56.1 Å². The third-order valence-corrected chi connectivity index (χ3v) is 5.44. The molecular weight excluding hydrogens is 398 g/mol. The van der Waals surface area contributed by atoms with Crippen molar-refractivity contribution in [2.45, 2.75) is 6.42 Å². The van der Waals surface area contributed by atoms with Crippen LogP contribution in [-0.4, -0.2) is 51.8 Å². The van der Waals surface area contributed by atoms with Crippen LogP contribution in [0.4, 0.5) is 5.13 Å². The molecule has 0 aliphatic heterocycles. The van der Waals surface area contributed by atoms with Gasteiger partial charge in [0, 0.05) is 23.9 Å². The predicted molar refractivity (Wildman–Crippen MR) is 121 cm³/mol. The molecule has 6 nitrogen and oxygen atoms in total. The van der Waals surface area contributed by atoms with Crippen LogP contribution in [0.5, 0.6) is 11.5 Å². The van der Waals surface area contributed by atoms with Crippen LogP contribution in [0.1, 0.15) is 6.42 Å². The first-order valence-electron chi connectivity index (χ1n) is 9.94. The zero-order valence-corrected chi connectivity index (χ0v) is 18.4. The molecule has 0 atom stereocenters. The van der Waals surface area contributed by atoms with Crippen molar-refractivity contribution >= 4 is 22.4 Å². The molecule has 0 saturated carbocycles. The average molecular weight is 427 g/mol. The summed E-state index contributed by atoms with van der Waals surface area (Å²) in [6.07, 6.45) is 0.886. The predicted octanol–water partition coefficient (Wildman–Crippen LogP) is 2.77. The molecule has 3 aromatic rings. The number of nitrogens with one attached hydrogen (secondary N) is 1. The van der Waals surface area contributed by atoms with Crippen molar-refractivity contribution in [3.63, 3.8) is 0 Å². The lowest BCUT2D eigenvalue weighted by Gasteiger charge is -2.20. The highest BCUT2D eigenvalue weighted by Crippen LogP contribution is 2.29. The van der Waals surface area contributed by atoms with Crippen LogP contribution in [0.2, 0.25) is 0 Å². The Morgan fingerprint density at radius 1 is 1.07 bits per heavy atom. The smallest absolute Gasteiger partial charge is 0.266 e. The number of aromatic nitrogens is 1. The molecule has 0 fully saturated rings. The monoisotopic (exact) mass is 426 g/mol. The lowest BCUT2D eigenvalue weighted by molar-refractivity contribution is -0.858. The molecule has 158 valence electrons. The minimum Gasteiger partial charge on any atom is -0.497 e. The van der Waals surface area contributed by atoms with Gasteiger partial charge in [-0.15, -0.1) is 11.3 Å². The lowest BCUT2D eigenvalue weighted by Crippen LogP contribution is -3.05. The van der Waals surface area contributed by atoms with E-state index in [0.29, 0.717) is 17.4 Å². The number of hydrogen-bond acceptors (Lipinski definition) is 5. The van der Waals surface area contributed by atoms with Crippen molar-refractivity contribution in [3.8, 4) is 22.8 Å². The Labute approximate surface area is 181 Å². The molecule has 0 aliphatic carbocycles. The molecule has 3 rings (SSSR count). The molecule has 0 unspecified atom stereocenters. The third kappa shape index (κ3) is 6.05. The minimum atomic E-state index is -0.0942.